The summed E-state index contributed by atoms with van der Waals surface area (Å²) in [4.78, 5) is 4.24. The van der Waals surface area contributed by atoms with Gasteiger partial charge in [-0.15, -0.1) is 0 Å². The van der Waals surface area contributed by atoms with Crippen molar-refractivity contribution in [2.45, 2.75) is 37.3 Å². The Morgan fingerprint density at radius 2 is 2.33 bits per heavy atom. The number of aromatic nitrogens is 1. The van der Waals surface area contributed by atoms with Gasteiger partial charge in [-0.2, -0.15) is 0 Å². The Labute approximate surface area is 108 Å². The van der Waals surface area contributed by atoms with Gasteiger partial charge in [-0.3, -0.25) is 0 Å². The maximum Gasteiger partial charge on any atom is 0.142 e. The lowest BCUT2D eigenvalue weighted by molar-refractivity contribution is 0.505. The van der Waals surface area contributed by atoms with E-state index in [0.29, 0.717) is 17.1 Å². The fraction of sp³-hybridized carbons (Fsp3) is 0.545. The molecule has 0 saturated carbocycles. The molecule has 15 heavy (non-hydrogen) atoms. The van der Waals surface area contributed by atoms with E-state index in [-0.39, 0.29) is 0 Å². The van der Waals surface area contributed by atoms with Crippen molar-refractivity contribution in [3.05, 3.63) is 26.5 Å². The third kappa shape index (κ3) is 1.78. The van der Waals surface area contributed by atoms with Gasteiger partial charge in [0.15, 0.2) is 0 Å². The predicted octanol–water partition coefficient (Wildman–Crippen LogP) is 2.95. The molecule has 2 fully saturated rings. The number of rotatable bonds is 1. The van der Waals surface area contributed by atoms with Crippen LogP contribution in [0.25, 0.3) is 0 Å². The Bertz CT molecular complexity index is 396. The first-order chi connectivity index (χ1) is 7.24. The van der Waals surface area contributed by atoms with Crippen molar-refractivity contribution in [1.82, 2.24) is 10.3 Å². The van der Waals surface area contributed by atoms with E-state index >= 15 is 0 Å². The van der Waals surface area contributed by atoms with Crippen molar-refractivity contribution in [3.8, 4) is 0 Å². The maximum atomic E-state index is 5.93. The van der Waals surface area contributed by atoms with Crippen LogP contribution in [0.2, 0.25) is 5.15 Å². The summed E-state index contributed by atoms with van der Waals surface area (Å²) in [6.07, 6.45) is 5.87. The van der Waals surface area contributed by atoms with Gasteiger partial charge in [0.25, 0.3) is 0 Å². The quantitative estimate of drug-likeness (QED) is 0.631. The van der Waals surface area contributed by atoms with Gasteiger partial charge in [0, 0.05) is 24.2 Å². The fourth-order valence-corrected chi connectivity index (χ4v) is 3.43. The van der Waals surface area contributed by atoms with Crippen molar-refractivity contribution < 1.29 is 0 Å². The van der Waals surface area contributed by atoms with Crippen LogP contribution < -0.4 is 5.32 Å². The molecule has 3 rings (SSSR count). The first-order valence-electron chi connectivity index (χ1n) is 5.31. The van der Waals surface area contributed by atoms with Gasteiger partial charge >= 0.3 is 0 Å². The van der Waals surface area contributed by atoms with Crippen LogP contribution in [0.3, 0.4) is 0 Å². The lowest BCUT2D eigenvalue weighted by atomic mass is 9.85. The number of pyridine rings is 1. The third-order valence-electron chi connectivity index (χ3n) is 3.55. The summed E-state index contributed by atoms with van der Waals surface area (Å²) in [5.74, 6) is 0.655. The highest BCUT2D eigenvalue weighted by Gasteiger charge is 2.39. The van der Waals surface area contributed by atoms with E-state index in [1.807, 2.05) is 6.20 Å². The second-order valence-electron chi connectivity index (χ2n) is 4.43. The van der Waals surface area contributed by atoms with E-state index in [9.17, 15) is 0 Å². The molecule has 1 N–H and O–H groups in total. The molecule has 1 aromatic rings. The second-order valence-corrected chi connectivity index (χ2v) is 5.95. The zero-order chi connectivity index (χ0) is 10.4. The van der Waals surface area contributed by atoms with Crippen molar-refractivity contribution in [2.75, 3.05) is 0 Å². The average Bonchev–Trinajstić information content (AvgIpc) is 2.83. The van der Waals surface area contributed by atoms with Crippen LogP contribution in [-0.4, -0.2) is 17.1 Å². The lowest BCUT2D eigenvalue weighted by Crippen LogP contribution is -2.21. The van der Waals surface area contributed by atoms with Gasteiger partial charge in [0.1, 0.15) is 5.15 Å². The molecule has 4 heteroatoms. The molecular formula is C11H12ClIN2. The molecule has 1 aromatic heterocycles. The minimum atomic E-state index is 0.621. The highest BCUT2D eigenvalue weighted by Crippen LogP contribution is 2.40. The zero-order valence-electron chi connectivity index (χ0n) is 8.21. The molecule has 80 valence electrons. The van der Waals surface area contributed by atoms with Crippen molar-refractivity contribution in [2.24, 2.45) is 0 Å². The van der Waals surface area contributed by atoms with Crippen molar-refractivity contribution in [1.29, 1.82) is 0 Å². The van der Waals surface area contributed by atoms with Crippen LogP contribution >= 0.6 is 34.2 Å². The molecule has 3 atom stereocenters. The summed E-state index contributed by atoms with van der Waals surface area (Å²) >= 11 is 8.18. The number of hydrogen-bond donors (Lipinski definition) is 1. The molecule has 0 aromatic carbocycles. The molecule has 2 bridgehead atoms. The van der Waals surface area contributed by atoms with Crippen LogP contribution in [-0.2, 0) is 0 Å². The summed E-state index contributed by atoms with van der Waals surface area (Å²) in [6, 6.07) is 3.60. The predicted molar refractivity (Wildman–Crippen MR) is 69.3 cm³/mol. The van der Waals surface area contributed by atoms with Gasteiger partial charge < -0.3 is 5.32 Å². The number of nitrogens with zero attached hydrogens (tertiary/aromatic N) is 1. The normalized spacial score (nSPS) is 33.6. The van der Waals surface area contributed by atoms with Gasteiger partial charge in [-0.1, -0.05) is 11.6 Å². The lowest BCUT2D eigenvalue weighted by Gasteiger charge is -2.20. The summed E-state index contributed by atoms with van der Waals surface area (Å²) in [5, 5.41) is 4.27. The first kappa shape index (κ1) is 10.3. The van der Waals surface area contributed by atoms with E-state index in [4.69, 9.17) is 11.6 Å². The van der Waals surface area contributed by atoms with E-state index in [2.05, 4.69) is 39.0 Å². The SMILES string of the molecule is Clc1ncc([C@H]2CC3CCC2N3)cc1I. The summed E-state index contributed by atoms with van der Waals surface area (Å²) in [5.41, 5.74) is 1.35. The maximum absolute atomic E-state index is 5.93. The van der Waals surface area contributed by atoms with Gasteiger partial charge in [0.05, 0.1) is 3.57 Å². The molecule has 0 aliphatic carbocycles. The molecule has 0 amide bonds. The molecule has 0 spiro atoms. The monoisotopic (exact) mass is 334 g/mol. The zero-order valence-corrected chi connectivity index (χ0v) is 11.1. The molecular weight excluding hydrogens is 322 g/mol. The Kier molecular flexibility index (Phi) is 2.65. The molecule has 2 nitrogen and oxygen atoms in total. The highest BCUT2D eigenvalue weighted by atomic mass is 127. The third-order valence-corrected chi connectivity index (χ3v) is 4.99. The first-order valence-corrected chi connectivity index (χ1v) is 6.76. The number of nitrogens with one attached hydrogen (secondary N) is 1. The molecule has 2 unspecified atom stereocenters. The van der Waals surface area contributed by atoms with E-state index in [0.717, 1.165) is 9.61 Å². The number of hydrogen-bond acceptors (Lipinski definition) is 2. The van der Waals surface area contributed by atoms with Crippen LogP contribution in [0.4, 0.5) is 0 Å². The standard InChI is InChI=1S/C11H12ClIN2/c12-11-9(13)3-6(5-14-11)8-4-7-1-2-10(8)15-7/h3,5,7-8,10,15H,1-2,4H2/t7?,8-,10?/m1/s1. The summed E-state index contributed by atoms with van der Waals surface area (Å²) < 4.78 is 1.06. The van der Waals surface area contributed by atoms with E-state index < -0.39 is 0 Å². The number of fused-ring (bicyclic) bond motifs is 2. The Balaban J connectivity index is 1.90. The smallest absolute Gasteiger partial charge is 0.142 e. The van der Waals surface area contributed by atoms with Crippen LogP contribution in [0, 0.1) is 3.57 Å². The minimum absolute atomic E-state index is 0.621. The molecule has 2 saturated heterocycles. The highest BCUT2D eigenvalue weighted by molar-refractivity contribution is 14.1. The Morgan fingerprint density at radius 3 is 2.93 bits per heavy atom. The van der Waals surface area contributed by atoms with Crippen LogP contribution in [0.5, 0.6) is 0 Å². The summed E-state index contributed by atoms with van der Waals surface area (Å²) in [7, 11) is 0. The van der Waals surface area contributed by atoms with Crippen molar-refractivity contribution in [3.63, 3.8) is 0 Å². The van der Waals surface area contributed by atoms with E-state index in [1.165, 1.54) is 24.8 Å². The fourth-order valence-electron chi connectivity index (χ4n) is 2.83. The largest absolute Gasteiger partial charge is 0.311 e. The van der Waals surface area contributed by atoms with Crippen LogP contribution in [0.1, 0.15) is 30.7 Å². The molecule has 2 aliphatic rings. The van der Waals surface area contributed by atoms with E-state index in [1.54, 1.807) is 0 Å². The van der Waals surface area contributed by atoms with Crippen molar-refractivity contribution >= 4 is 34.2 Å². The number of halogens is 2. The second kappa shape index (κ2) is 3.86. The summed E-state index contributed by atoms with van der Waals surface area (Å²) in [6.45, 7) is 0. The minimum Gasteiger partial charge on any atom is -0.311 e. The van der Waals surface area contributed by atoms with Gasteiger partial charge in [-0.05, 0) is 53.5 Å². The van der Waals surface area contributed by atoms with Crippen LogP contribution in [0.15, 0.2) is 12.3 Å². The molecule has 2 aliphatic heterocycles. The molecule has 3 heterocycles. The Hall–Kier alpha value is 0.130. The topological polar surface area (TPSA) is 24.9 Å². The van der Waals surface area contributed by atoms with Gasteiger partial charge in [0.2, 0.25) is 0 Å². The Morgan fingerprint density at radius 1 is 1.47 bits per heavy atom. The van der Waals surface area contributed by atoms with Gasteiger partial charge in [-0.25, -0.2) is 4.98 Å². The molecule has 0 radical (unpaired) electrons. The average molecular weight is 335 g/mol.